The zero-order valence-electron chi connectivity index (χ0n) is 10.4. The molecule has 1 aliphatic rings. The fraction of sp³-hybridized carbons (Fsp3) is 0.615. The fourth-order valence-electron chi connectivity index (χ4n) is 2.00. The fourth-order valence-corrected chi connectivity index (χ4v) is 2.00. The summed E-state index contributed by atoms with van der Waals surface area (Å²) in [6.45, 7) is 6.19. The van der Waals surface area contributed by atoms with Crippen LogP contribution in [0.5, 0.6) is 5.75 Å². The van der Waals surface area contributed by atoms with Crippen LogP contribution >= 0.6 is 0 Å². The molecule has 0 radical (unpaired) electrons. The lowest BCUT2D eigenvalue weighted by Gasteiger charge is -2.37. The van der Waals surface area contributed by atoms with E-state index in [1.54, 1.807) is 0 Å². The maximum absolute atomic E-state index is 5.76. The Bertz CT molecular complexity index is 365. The third kappa shape index (κ3) is 2.35. The Morgan fingerprint density at radius 1 is 1.56 bits per heavy atom. The highest BCUT2D eigenvalue weighted by Gasteiger charge is 2.24. The molecule has 88 valence electrons. The van der Waals surface area contributed by atoms with E-state index in [0.29, 0.717) is 6.04 Å². The Labute approximate surface area is 97.4 Å². The largest absolute Gasteiger partial charge is 0.490 e. The van der Waals surface area contributed by atoms with Crippen molar-refractivity contribution in [2.45, 2.75) is 32.7 Å². The normalized spacial score (nSPS) is 20.6. The minimum Gasteiger partial charge on any atom is -0.490 e. The minimum absolute atomic E-state index is 0.589. The lowest BCUT2D eigenvalue weighted by atomic mass is 10.1. The van der Waals surface area contributed by atoms with Crippen LogP contribution in [-0.4, -0.2) is 36.1 Å². The second-order valence-corrected chi connectivity index (χ2v) is 4.52. The first-order valence-electron chi connectivity index (χ1n) is 5.99. The molecule has 1 aliphatic heterocycles. The summed E-state index contributed by atoms with van der Waals surface area (Å²) >= 11 is 0. The molecular formula is C13H20N2O. The zero-order chi connectivity index (χ0) is 11.5. The smallest absolute Gasteiger partial charge is 0.137 e. The van der Waals surface area contributed by atoms with Gasteiger partial charge in [-0.25, -0.2) is 0 Å². The summed E-state index contributed by atoms with van der Waals surface area (Å²) in [5.41, 5.74) is 2.38. The molecule has 3 heteroatoms. The third-order valence-corrected chi connectivity index (χ3v) is 3.38. The van der Waals surface area contributed by atoms with Crippen LogP contribution in [0.3, 0.4) is 0 Å². The summed E-state index contributed by atoms with van der Waals surface area (Å²) in [6.07, 6.45) is 4.07. The highest BCUT2D eigenvalue weighted by molar-refractivity contribution is 5.28. The number of ether oxygens (including phenoxy) is 1. The van der Waals surface area contributed by atoms with Gasteiger partial charge in [0.1, 0.15) is 12.4 Å². The van der Waals surface area contributed by atoms with Gasteiger partial charge in [0.2, 0.25) is 0 Å². The maximum Gasteiger partial charge on any atom is 0.137 e. The van der Waals surface area contributed by atoms with E-state index < -0.39 is 0 Å². The van der Waals surface area contributed by atoms with Crippen molar-refractivity contribution in [3.63, 3.8) is 0 Å². The molecule has 1 atom stereocenters. The van der Waals surface area contributed by atoms with Crippen LogP contribution < -0.4 is 4.74 Å². The number of pyridine rings is 1. The molecule has 0 aliphatic carbocycles. The Hall–Kier alpha value is -1.09. The van der Waals surface area contributed by atoms with Crippen LogP contribution in [0.15, 0.2) is 12.3 Å². The standard InChI is InChI=1S/C13H20N2O/c1-4-13-10(2)7-12(8-14-13)16-9-11-5-6-15(11)3/h7-8,11H,4-6,9H2,1-3H3/t11-/m0/s1. The van der Waals surface area contributed by atoms with Crippen LogP contribution in [-0.2, 0) is 6.42 Å². The Kier molecular flexibility index (Phi) is 3.44. The van der Waals surface area contributed by atoms with Gasteiger partial charge >= 0.3 is 0 Å². The van der Waals surface area contributed by atoms with Gasteiger partial charge in [-0.15, -0.1) is 0 Å². The van der Waals surface area contributed by atoms with E-state index in [2.05, 4.69) is 36.8 Å². The molecule has 1 aromatic rings. The van der Waals surface area contributed by atoms with Crippen molar-refractivity contribution in [1.82, 2.24) is 9.88 Å². The molecule has 0 aromatic carbocycles. The molecule has 2 heterocycles. The molecule has 0 unspecified atom stereocenters. The van der Waals surface area contributed by atoms with Gasteiger partial charge in [0, 0.05) is 11.7 Å². The summed E-state index contributed by atoms with van der Waals surface area (Å²) in [5, 5.41) is 0. The van der Waals surface area contributed by atoms with Crippen molar-refractivity contribution in [3.05, 3.63) is 23.5 Å². The number of rotatable bonds is 4. The Balaban J connectivity index is 1.92. The number of hydrogen-bond donors (Lipinski definition) is 0. The van der Waals surface area contributed by atoms with Gasteiger partial charge in [0.05, 0.1) is 6.20 Å². The average molecular weight is 220 g/mol. The van der Waals surface area contributed by atoms with Crippen molar-refractivity contribution < 1.29 is 4.74 Å². The van der Waals surface area contributed by atoms with Gasteiger partial charge in [-0.1, -0.05) is 6.92 Å². The SMILES string of the molecule is CCc1ncc(OC[C@@H]2CCN2C)cc1C. The van der Waals surface area contributed by atoms with Crippen molar-refractivity contribution >= 4 is 0 Å². The maximum atomic E-state index is 5.76. The molecule has 16 heavy (non-hydrogen) atoms. The van der Waals surface area contributed by atoms with E-state index in [9.17, 15) is 0 Å². The molecule has 0 amide bonds. The van der Waals surface area contributed by atoms with Gasteiger partial charge in [0.25, 0.3) is 0 Å². The molecule has 0 bridgehead atoms. The predicted octanol–water partition coefficient (Wildman–Crippen LogP) is 2.04. The second-order valence-electron chi connectivity index (χ2n) is 4.52. The minimum atomic E-state index is 0.589. The summed E-state index contributed by atoms with van der Waals surface area (Å²) in [7, 11) is 2.14. The van der Waals surface area contributed by atoms with E-state index in [4.69, 9.17) is 4.74 Å². The van der Waals surface area contributed by atoms with E-state index in [0.717, 1.165) is 24.5 Å². The molecule has 0 saturated carbocycles. The topological polar surface area (TPSA) is 25.4 Å². The van der Waals surface area contributed by atoms with Crippen LogP contribution in [0.4, 0.5) is 0 Å². The van der Waals surface area contributed by atoms with Crippen LogP contribution in [0.2, 0.25) is 0 Å². The molecule has 3 nitrogen and oxygen atoms in total. The van der Waals surface area contributed by atoms with E-state index >= 15 is 0 Å². The van der Waals surface area contributed by atoms with Gasteiger partial charge in [-0.05, 0) is 45.0 Å². The zero-order valence-corrected chi connectivity index (χ0v) is 10.4. The van der Waals surface area contributed by atoms with E-state index in [1.165, 1.54) is 18.5 Å². The molecular weight excluding hydrogens is 200 g/mol. The summed E-state index contributed by atoms with van der Waals surface area (Å²) in [4.78, 5) is 6.72. The number of aromatic nitrogens is 1. The highest BCUT2D eigenvalue weighted by atomic mass is 16.5. The lowest BCUT2D eigenvalue weighted by molar-refractivity contribution is 0.0767. The number of likely N-dealkylation sites (tertiary alicyclic amines) is 1. The molecule has 2 rings (SSSR count). The highest BCUT2D eigenvalue weighted by Crippen LogP contribution is 2.18. The van der Waals surface area contributed by atoms with Gasteiger partial charge in [-0.3, -0.25) is 9.88 Å². The predicted molar refractivity (Wildman–Crippen MR) is 64.9 cm³/mol. The Morgan fingerprint density at radius 3 is 2.88 bits per heavy atom. The van der Waals surface area contributed by atoms with Crippen LogP contribution in [0.1, 0.15) is 24.6 Å². The molecule has 0 spiro atoms. The van der Waals surface area contributed by atoms with Gasteiger partial charge < -0.3 is 4.74 Å². The monoisotopic (exact) mass is 220 g/mol. The molecule has 1 aromatic heterocycles. The second kappa shape index (κ2) is 4.83. The molecule has 1 fully saturated rings. The first-order valence-corrected chi connectivity index (χ1v) is 5.99. The van der Waals surface area contributed by atoms with Crippen molar-refractivity contribution in [1.29, 1.82) is 0 Å². The summed E-state index contributed by atoms with van der Waals surface area (Å²) < 4.78 is 5.76. The van der Waals surface area contributed by atoms with Gasteiger partial charge in [0.15, 0.2) is 0 Å². The lowest BCUT2D eigenvalue weighted by Crippen LogP contribution is -2.48. The van der Waals surface area contributed by atoms with Crippen LogP contribution in [0, 0.1) is 6.92 Å². The van der Waals surface area contributed by atoms with Crippen molar-refractivity contribution in [3.8, 4) is 5.75 Å². The van der Waals surface area contributed by atoms with Crippen molar-refractivity contribution in [2.75, 3.05) is 20.2 Å². The molecule has 0 N–H and O–H groups in total. The molecule has 1 saturated heterocycles. The third-order valence-electron chi connectivity index (χ3n) is 3.38. The quantitative estimate of drug-likeness (QED) is 0.776. The van der Waals surface area contributed by atoms with Crippen LogP contribution in [0.25, 0.3) is 0 Å². The number of aryl methyl sites for hydroxylation is 2. The summed E-state index contributed by atoms with van der Waals surface area (Å²) in [5.74, 6) is 0.898. The first-order chi connectivity index (χ1) is 7.70. The van der Waals surface area contributed by atoms with Crippen molar-refractivity contribution in [2.24, 2.45) is 0 Å². The number of nitrogens with zero attached hydrogens (tertiary/aromatic N) is 2. The summed E-state index contributed by atoms with van der Waals surface area (Å²) in [6, 6.07) is 2.68. The number of likely N-dealkylation sites (N-methyl/N-ethyl adjacent to an activating group) is 1. The van der Waals surface area contributed by atoms with E-state index in [-0.39, 0.29) is 0 Å². The van der Waals surface area contributed by atoms with E-state index in [1.807, 2.05) is 6.20 Å². The first kappa shape index (κ1) is 11.4. The Morgan fingerprint density at radius 2 is 2.38 bits per heavy atom. The van der Waals surface area contributed by atoms with Gasteiger partial charge in [-0.2, -0.15) is 0 Å². The number of hydrogen-bond acceptors (Lipinski definition) is 3. The average Bonchev–Trinajstić information content (AvgIpc) is 2.27.